The molecule has 1 saturated heterocycles. The fourth-order valence-electron chi connectivity index (χ4n) is 1.81. The molecule has 0 bridgehead atoms. The van der Waals surface area contributed by atoms with Crippen LogP contribution in [0.25, 0.3) is 0 Å². The molecule has 0 unspecified atom stereocenters. The number of aromatic amines is 1. The Morgan fingerprint density at radius 3 is 2.79 bits per heavy atom. The molecule has 5 heteroatoms. The molecule has 14 heavy (non-hydrogen) atoms. The van der Waals surface area contributed by atoms with E-state index in [2.05, 4.69) is 15.3 Å². The van der Waals surface area contributed by atoms with E-state index in [9.17, 15) is 4.79 Å². The van der Waals surface area contributed by atoms with Crippen molar-refractivity contribution in [2.75, 3.05) is 13.1 Å². The minimum atomic E-state index is -0.100. The summed E-state index contributed by atoms with van der Waals surface area (Å²) in [7, 11) is 0. The van der Waals surface area contributed by atoms with Crippen molar-refractivity contribution < 1.29 is 0 Å². The summed E-state index contributed by atoms with van der Waals surface area (Å²) in [6, 6.07) is 0. The number of piperidine rings is 1. The highest BCUT2D eigenvalue weighted by atomic mass is 35.5. The van der Waals surface area contributed by atoms with Crippen molar-refractivity contribution in [1.82, 2.24) is 15.3 Å². The molecule has 0 aliphatic carbocycles. The van der Waals surface area contributed by atoms with E-state index in [1.807, 2.05) is 0 Å². The second kappa shape index (κ2) is 4.11. The van der Waals surface area contributed by atoms with Crippen molar-refractivity contribution in [2.45, 2.75) is 18.8 Å². The van der Waals surface area contributed by atoms with E-state index < -0.39 is 0 Å². The van der Waals surface area contributed by atoms with Crippen molar-refractivity contribution in [1.29, 1.82) is 0 Å². The van der Waals surface area contributed by atoms with Gasteiger partial charge in [0.1, 0.15) is 0 Å². The van der Waals surface area contributed by atoms with E-state index in [4.69, 9.17) is 11.6 Å². The first kappa shape index (κ1) is 9.68. The molecule has 1 aliphatic rings. The van der Waals surface area contributed by atoms with Gasteiger partial charge in [0.2, 0.25) is 5.28 Å². The van der Waals surface area contributed by atoms with Crippen molar-refractivity contribution in [3.8, 4) is 0 Å². The first-order valence-corrected chi connectivity index (χ1v) is 5.10. The number of nitrogens with one attached hydrogen (secondary N) is 2. The summed E-state index contributed by atoms with van der Waals surface area (Å²) < 4.78 is 0. The van der Waals surface area contributed by atoms with Gasteiger partial charge in [0.25, 0.3) is 5.56 Å². The van der Waals surface area contributed by atoms with E-state index in [1.165, 1.54) is 0 Å². The highest BCUT2D eigenvalue weighted by Crippen LogP contribution is 2.21. The lowest BCUT2D eigenvalue weighted by atomic mass is 9.92. The average Bonchev–Trinajstić information content (AvgIpc) is 2.19. The molecule has 76 valence electrons. The van der Waals surface area contributed by atoms with E-state index in [-0.39, 0.29) is 10.8 Å². The van der Waals surface area contributed by atoms with Gasteiger partial charge >= 0.3 is 0 Å². The molecule has 1 aliphatic heterocycles. The third kappa shape index (κ3) is 1.96. The number of hydrogen-bond donors (Lipinski definition) is 2. The summed E-state index contributed by atoms with van der Waals surface area (Å²) in [5.41, 5.74) is 0.660. The summed E-state index contributed by atoms with van der Waals surface area (Å²) in [5, 5.41) is 3.42. The zero-order valence-electron chi connectivity index (χ0n) is 7.72. The first-order valence-electron chi connectivity index (χ1n) is 4.73. The average molecular weight is 214 g/mol. The van der Waals surface area contributed by atoms with Gasteiger partial charge in [-0.3, -0.25) is 9.78 Å². The van der Waals surface area contributed by atoms with Gasteiger partial charge in [-0.1, -0.05) is 0 Å². The monoisotopic (exact) mass is 213 g/mol. The van der Waals surface area contributed by atoms with Gasteiger partial charge < -0.3 is 5.32 Å². The van der Waals surface area contributed by atoms with Crippen LogP contribution in [0.2, 0.25) is 5.28 Å². The largest absolute Gasteiger partial charge is 0.317 e. The lowest BCUT2D eigenvalue weighted by Gasteiger charge is -2.21. The molecule has 0 amide bonds. The van der Waals surface area contributed by atoms with Crippen LogP contribution >= 0.6 is 11.6 Å². The topological polar surface area (TPSA) is 57.8 Å². The second-order valence-corrected chi connectivity index (χ2v) is 3.84. The first-order chi connectivity index (χ1) is 6.77. The van der Waals surface area contributed by atoms with Gasteiger partial charge in [-0.25, -0.2) is 4.98 Å². The van der Waals surface area contributed by atoms with Gasteiger partial charge in [-0.15, -0.1) is 0 Å². The second-order valence-electron chi connectivity index (χ2n) is 3.48. The molecule has 2 heterocycles. The predicted octanol–water partition coefficient (Wildman–Crippen LogP) is 0.890. The highest BCUT2D eigenvalue weighted by molar-refractivity contribution is 6.28. The third-order valence-electron chi connectivity index (χ3n) is 2.57. The minimum Gasteiger partial charge on any atom is -0.317 e. The lowest BCUT2D eigenvalue weighted by Crippen LogP contribution is -2.29. The van der Waals surface area contributed by atoms with E-state index in [0.717, 1.165) is 31.5 Å². The molecular weight excluding hydrogens is 202 g/mol. The molecule has 0 saturated carbocycles. The Labute approximate surface area is 86.7 Å². The predicted molar refractivity (Wildman–Crippen MR) is 54.7 cm³/mol. The standard InChI is InChI=1S/C9H12ClN3O/c10-9-12-5-7(8(14)13-9)6-1-3-11-4-2-6/h5-6,11H,1-4H2,(H,12,13,14). The SMILES string of the molecule is O=c1[nH]c(Cl)ncc1C1CCNCC1. The summed E-state index contributed by atoms with van der Waals surface area (Å²) >= 11 is 5.58. The lowest BCUT2D eigenvalue weighted by molar-refractivity contribution is 0.456. The van der Waals surface area contributed by atoms with E-state index >= 15 is 0 Å². The van der Waals surface area contributed by atoms with Gasteiger partial charge in [-0.2, -0.15) is 0 Å². The molecule has 0 spiro atoms. The maximum Gasteiger partial charge on any atom is 0.255 e. The number of aromatic nitrogens is 2. The third-order valence-corrected chi connectivity index (χ3v) is 2.77. The van der Waals surface area contributed by atoms with Gasteiger partial charge in [0.05, 0.1) is 0 Å². The van der Waals surface area contributed by atoms with Crippen LogP contribution in [0.1, 0.15) is 24.3 Å². The maximum absolute atomic E-state index is 11.5. The van der Waals surface area contributed by atoms with Crippen molar-refractivity contribution in [2.24, 2.45) is 0 Å². The Bertz CT molecular complexity index is 371. The number of rotatable bonds is 1. The molecular formula is C9H12ClN3O. The Morgan fingerprint density at radius 1 is 1.43 bits per heavy atom. The number of halogens is 1. The number of hydrogen-bond acceptors (Lipinski definition) is 3. The summed E-state index contributed by atoms with van der Waals surface area (Å²) in [4.78, 5) is 18.0. The van der Waals surface area contributed by atoms with Crippen LogP contribution in [0.4, 0.5) is 0 Å². The van der Waals surface area contributed by atoms with Gasteiger partial charge in [0, 0.05) is 11.8 Å². The van der Waals surface area contributed by atoms with Crippen molar-refractivity contribution >= 4 is 11.6 Å². The zero-order chi connectivity index (χ0) is 9.97. The van der Waals surface area contributed by atoms with Crippen molar-refractivity contribution in [3.63, 3.8) is 0 Å². The van der Waals surface area contributed by atoms with Crippen molar-refractivity contribution in [3.05, 3.63) is 27.4 Å². The number of H-pyrrole nitrogens is 1. The summed E-state index contributed by atoms with van der Waals surface area (Å²) in [5.74, 6) is 0.324. The van der Waals surface area contributed by atoms with Crippen LogP contribution in [-0.4, -0.2) is 23.1 Å². The van der Waals surface area contributed by atoms with E-state index in [1.54, 1.807) is 6.20 Å². The van der Waals surface area contributed by atoms with Gasteiger partial charge in [0.15, 0.2) is 0 Å². The molecule has 0 radical (unpaired) electrons. The van der Waals surface area contributed by atoms with Crippen LogP contribution in [0.5, 0.6) is 0 Å². The van der Waals surface area contributed by atoms with Crippen LogP contribution in [0.15, 0.2) is 11.0 Å². The molecule has 1 aromatic heterocycles. The van der Waals surface area contributed by atoms with Gasteiger partial charge in [-0.05, 0) is 43.5 Å². The zero-order valence-corrected chi connectivity index (χ0v) is 8.47. The molecule has 0 aromatic carbocycles. The summed E-state index contributed by atoms with van der Waals surface area (Å²) in [6.45, 7) is 1.93. The smallest absolute Gasteiger partial charge is 0.255 e. The Morgan fingerprint density at radius 2 is 2.14 bits per heavy atom. The fraction of sp³-hybridized carbons (Fsp3) is 0.556. The highest BCUT2D eigenvalue weighted by Gasteiger charge is 2.18. The van der Waals surface area contributed by atoms with Crippen LogP contribution in [-0.2, 0) is 0 Å². The maximum atomic E-state index is 11.5. The number of nitrogens with zero attached hydrogens (tertiary/aromatic N) is 1. The molecule has 2 N–H and O–H groups in total. The quantitative estimate of drug-likeness (QED) is 0.682. The molecule has 1 aromatic rings. The molecule has 1 fully saturated rings. The normalized spacial score (nSPS) is 18.4. The Kier molecular flexibility index (Phi) is 2.84. The molecule has 2 rings (SSSR count). The Hall–Kier alpha value is -0.870. The molecule has 0 atom stereocenters. The minimum absolute atomic E-state index is 0.100. The fourth-order valence-corrected chi connectivity index (χ4v) is 1.94. The molecule has 4 nitrogen and oxygen atoms in total. The van der Waals surface area contributed by atoms with E-state index in [0.29, 0.717) is 5.92 Å². The summed E-state index contributed by atoms with van der Waals surface area (Å²) in [6.07, 6.45) is 3.58. The Balaban J connectivity index is 2.26. The van der Waals surface area contributed by atoms with Crippen LogP contribution < -0.4 is 10.9 Å². The van der Waals surface area contributed by atoms with Crippen LogP contribution in [0.3, 0.4) is 0 Å². The van der Waals surface area contributed by atoms with Crippen LogP contribution in [0, 0.1) is 0 Å².